The van der Waals surface area contributed by atoms with Gasteiger partial charge in [0.05, 0.1) is 11.6 Å². The van der Waals surface area contributed by atoms with E-state index in [4.69, 9.17) is 23.2 Å². The lowest BCUT2D eigenvalue weighted by atomic mass is 9.62. The van der Waals surface area contributed by atoms with Crippen molar-refractivity contribution in [2.45, 2.75) is 76.1 Å². The van der Waals surface area contributed by atoms with Gasteiger partial charge in [0.15, 0.2) is 0 Å². The Morgan fingerprint density at radius 3 is 2.63 bits per heavy atom. The molecular formula is C29H36Cl2FN3O3. The molecule has 4 rings (SSSR count). The van der Waals surface area contributed by atoms with E-state index in [-0.39, 0.29) is 28.3 Å². The number of benzene rings is 1. The average molecular weight is 565 g/mol. The molecule has 0 unspecified atom stereocenters. The molecule has 1 saturated heterocycles. The second-order valence-electron chi connectivity index (χ2n) is 12.2. The Bertz CT molecular complexity index is 1200. The molecule has 1 aliphatic carbocycles. The molecule has 2 heterocycles. The van der Waals surface area contributed by atoms with Crippen molar-refractivity contribution in [3.63, 3.8) is 0 Å². The van der Waals surface area contributed by atoms with Gasteiger partial charge in [-0.15, -0.1) is 0 Å². The highest BCUT2D eigenvalue weighted by atomic mass is 35.5. The second-order valence-corrected chi connectivity index (χ2v) is 13.2. The normalized spacial score (nSPS) is 32.8. The van der Waals surface area contributed by atoms with E-state index in [0.29, 0.717) is 35.5 Å². The molecule has 3 aliphatic rings. The van der Waals surface area contributed by atoms with Crippen LogP contribution in [0.5, 0.6) is 0 Å². The molecule has 9 heteroatoms. The summed E-state index contributed by atoms with van der Waals surface area (Å²) in [5.74, 6) is -1.14. The topological polar surface area (TPSA) is 90.5 Å². The predicted molar refractivity (Wildman–Crippen MR) is 150 cm³/mol. The Hall–Kier alpha value is -2.19. The maximum atomic E-state index is 14.0. The van der Waals surface area contributed by atoms with Gasteiger partial charge in [0.2, 0.25) is 11.8 Å². The highest BCUT2D eigenvalue weighted by Gasteiger charge is 2.65. The smallest absolute Gasteiger partial charge is 0.238 e. The SMILES string of the molecule is C=C(/C=C\C=C(\Cl)CF)[C@H]1[C@H](C(=O)NC2CC(C)(O)C2)N[C@@H](CC(C)(C)C)[C@@]12C(=O)Nc1cc(Cl)ccc12. The fourth-order valence-electron chi connectivity index (χ4n) is 6.29. The van der Waals surface area contributed by atoms with Crippen molar-refractivity contribution in [3.05, 3.63) is 64.2 Å². The van der Waals surface area contributed by atoms with Crippen LogP contribution in [0.15, 0.2) is 53.6 Å². The minimum Gasteiger partial charge on any atom is -0.390 e. The van der Waals surface area contributed by atoms with Crippen LogP contribution >= 0.6 is 23.2 Å². The highest BCUT2D eigenvalue weighted by molar-refractivity contribution is 6.31. The van der Waals surface area contributed by atoms with Crippen LogP contribution in [-0.2, 0) is 15.0 Å². The number of nitrogens with one attached hydrogen (secondary N) is 3. The molecule has 38 heavy (non-hydrogen) atoms. The third kappa shape index (κ3) is 5.44. The van der Waals surface area contributed by atoms with E-state index in [9.17, 15) is 19.1 Å². The summed E-state index contributed by atoms with van der Waals surface area (Å²) >= 11 is 12.1. The molecule has 1 saturated carbocycles. The van der Waals surface area contributed by atoms with Crippen LogP contribution < -0.4 is 16.0 Å². The third-order valence-electron chi connectivity index (χ3n) is 7.74. The summed E-state index contributed by atoms with van der Waals surface area (Å²) in [6, 6.07) is 3.99. The van der Waals surface area contributed by atoms with Crippen molar-refractivity contribution in [1.29, 1.82) is 0 Å². The summed E-state index contributed by atoms with van der Waals surface area (Å²) in [6.07, 6.45) is 6.22. The molecule has 0 bridgehead atoms. The number of carbonyl (C=O) groups excluding carboxylic acids is 2. The van der Waals surface area contributed by atoms with E-state index in [0.717, 1.165) is 5.56 Å². The first-order chi connectivity index (χ1) is 17.7. The number of aliphatic hydroxyl groups is 1. The van der Waals surface area contributed by atoms with Crippen molar-refractivity contribution in [2.75, 3.05) is 12.0 Å². The first-order valence-electron chi connectivity index (χ1n) is 12.9. The molecule has 4 N–H and O–H groups in total. The van der Waals surface area contributed by atoms with Gasteiger partial charge in [-0.1, -0.05) is 68.8 Å². The van der Waals surface area contributed by atoms with Gasteiger partial charge in [0.25, 0.3) is 0 Å². The number of amides is 2. The van der Waals surface area contributed by atoms with Gasteiger partial charge in [0, 0.05) is 33.7 Å². The number of carbonyl (C=O) groups is 2. The first-order valence-corrected chi connectivity index (χ1v) is 13.6. The molecule has 6 nitrogen and oxygen atoms in total. The van der Waals surface area contributed by atoms with E-state index in [1.54, 1.807) is 31.2 Å². The van der Waals surface area contributed by atoms with Crippen molar-refractivity contribution >= 4 is 40.7 Å². The third-order valence-corrected chi connectivity index (χ3v) is 8.20. The van der Waals surface area contributed by atoms with Crippen molar-refractivity contribution in [2.24, 2.45) is 11.3 Å². The maximum absolute atomic E-state index is 14.0. The zero-order valence-corrected chi connectivity index (χ0v) is 23.7. The average Bonchev–Trinajstić information content (AvgIpc) is 3.26. The molecule has 2 fully saturated rings. The van der Waals surface area contributed by atoms with E-state index in [1.165, 1.54) is 6.08 Å². The van der Waals surface area contributed by atoms with Crippen molar-refractivity contribution in [1.82, 2.24) is 10.6 Å². The number of fused-ring (bicyclic) bond motifs is 2. The maximum Gasteiger partial charge on any atom is 0.238 e. The Labute approximate surface area is 233 Å². The lowest BCUT2D eigenvalue weighted by Gasteiger charge is -2.42. The lowest BCUT2D eigenvalue weighted by Crippen LogP contribution is -2.57. The first kappa shape index (κ1) is 28.8. The monoisotopic (exact) mass is 563 g/mol. The van der Waals surface area contributed by atoms with Crippen molar-refractivity contribution < 1.29 is 19.1 Å². The number of allylic oxidation sites excluding steroid dienone is 4. The summed E-state index contributed by atoms with van der Waals surface area (Å²) in [7, 11) is 0. The fourth-order valence-corrected chi connectivity index (χ4v) is 6.54. The minimum absolute atomic E-state index is 0.0313. The number of halogens is 3. The van der Waals surface area contributed by atoms with Crippen LogP contribution in [-0.4, -0.2) is 47.3 Å². The van der Waals surface area contributed by atoms with E-state index in [1.807, 2.05) is 6.07 Å². The van der Waals surface area contributed by atoms with Crippen LogP contribution in [0.4, 0.5) is 10.1 Å². The summed E-state index contributed by atoms with van der Waals surface area (Å²) in [5.41, 5.74) is -0.206. The molecule has 1 spiro atoms. The number of alkyl halides is 1. The largest absolute Gasteiger partial charge is 0.390 e. The summed E-state index contributed by atoms with van der Waals surface area (Å²) < 4.78 is 12.9. The molecule has 206 valence electrons. The molecule has 2 amide bonds. The van der Waals surface area contributed by atoms with Gasteiger partial charge in [-0.05, 0) is 60.9 Å². The molecule has 2 aliphatic heterocycles. The summed E-state index contributed by atoms with van der Waals surface area (Å²) in [6.45, 7) is 11.5. The molecule has 0 aromatic heterocycles. The second kappa shape index (κ2) is 10.4. The van der Waals surface area contributed by atoms with Gasteiger partial charge in [-0.2, -0.15) is 0 Å². The lowest BCUT2D eigenvalue weighted by molar-refractivity contribution is -0.127. The van der Waals surface area contributed by atoms with E-state index >= 15 is 0 Å². The van der Waals surface area contributed by atoms with E-state index < -0.39 is 35.7 Å². The van der Waals surface area contributed by atoms with Gasteiger partial charge >= 0.3 is 0 Å². The van der Waals surface area contributed by atoms with Gasteiger partial charge in [-0.25, -0.2) is 4.39 Å². The van der Waals surface area contributed by atoms with E-state index in [2.05, 4.69) is 43.3 Å². The van der Waals surface area contributed by atoms with Crippen LogP contribution in [0.1, 0.15) is 52.5 Å². The number of anilines is 1. The Morgan fingerprint density at radius 2 is 2.03 bits per heavy atom. The number of hydrogen-bond donors (Lipinski definition) is 4. The Kier molecular flexibility index (Phi) is 7.90. The quantitative estimate of drug-likeness (QED) is 0.345. The Balaban J connectivity index is 1.82. The van der Waals surface area contributed by atoms with Crippen LogP contribution in [0, 0.1) is 11.3 Å². The molecule has 0 radical (unpaired) electrons. The Morgan fingerprint density at radius 1 is 1.34 bits per heavy atom. The molecule has 4 atom stereocenters. The summed E-state index contributed by atoms with van der Waals surface area (Å²) in [4.78, 5) is 27.8. The standard InChI is InChI=1S/C29H36Cl2FN3O3/c1-16(7-6-8-18(31)15-32)23-24(25(36)33-19-12-28(5,38)13-19)35-22(14-27(2,3)4)29(23)20-10-9-17(30)11-21(20)34-26(29)37/h6-11,19,22-24,35,38H,1,12-15H2,2-5H3,(H,33,36)(H,34,37)/b7-6-,18-8+/t19?,22-,23-,24+,28?,29+/m0/s1. The molecule has 1 aromatic rings. The van der Waals surface area contributed by atoms with Crippen LogP contribution in [0.25, 0.3) is 0 Å². The fraction of sp³-hybridized carbons (Fsp3) is 0.517. The zero-order valence-electron chi connectivity index (χ0n) is 22.2. The van der Waals surface area contributed by atoms with Crippen LogP contribution in [0.3, 0.4) is 0 Å². The van der Waals surface area contributed by atoms with Crippen molar-refractivity contribution in [3.8, 4) is 0 Å². The summed E-state index contributed by atoms with van der Waals surface area (Å²) in [5, 5.41) is 20.3. The highest BCUT2D eigenvalue weighted by Crippen LogP contribution is 2.55. The van der Waals surface area contributed by atoms with Gasteiger partial charge in [0.1, 0.15) is 12.1 Å². The predicted octanol–water partition coefficient (Wildman–Crippen LogP) is 5.16. The molecular weight excluding hydrogens is 528 g/mol. The van der Waals surface area contributed by atoms with Gasteiger partial charge < -0.3 is 21.1 Å². The number of hydrogen-bond acceptors (Lipinski definition) is 4. The zero-order chi connectivity index (χ0) is 28.0. The minimum atomic E-state index is -1.14. The van der Waals surface area contributed by atoms with Crippen LogP contribution in [0.2, 0.25) is 5.02 Å². The van der Waals surface area contributed by atoms with Gasteiger partial charge in [-0.3, -0.25) is 9.59 Å². The molecule has 1 aromatic carbocycles. The number of rotatable bonds is 7.